The number of anilines is 1. The molecule has 1 heterocycles. The molecule has 0 atom stereocenters. The van der Waals surface area contributed by atoms with E-state index in [1.807, 2.05) is 23.1 Å². The number of benzene rings is 2. The molecule has 0 bridgehead atoms. The molecular formula is C24H31N3OS. The van der Waals surface area contributed by atoms with Gasteiger partial charge in [0, 0.05) is 12.1 Å². The Hall–Kier alpha value is -2.24. The van der Waals surface area contributed by atoms with Gasteiger partial charge in [0.1, 0.15) is 0 Å². The van der Waals surface area contributed by atoms with Crippen molar-refractivity contribution in [3.05, 3.63) is 59.2 Å². The average Bonchev–Trinajstić information content (AvgIpc) is 3.09. The number of amides is 1. The van der Waals surface area contributed by atoms with E-state index in [1.165, 1.54) is 5.56 Å². The lowest BCUT2D eigenvalue weighted by atomic mass is 9.86. The van der Waals surface area contributed by atoms with Crippen LogP contribution in [0.15, 0.2) is 42.5 Å². The summed E-state index contributed by atoms with van der Waals surface area (Å²) in [6.07, 6.45) is 0.897. The van der Waals surface area contributed by atoms with Gasteiger partial charge in [0.15, 0.2) is 5.13 Å². The second-order valence-electron chi connectivity index (χ2n) is 8.86. The summed E-state index contributed by atoms with van der Waals surface area (Å²) in [5.74, 6) is 0.0147. The number of fused-ring (bicyclic) bond motifs is 1. The first kappa shape index (κ1) is 21.5. The maximum atomic E-state index is 13.4. The fraction of sp³-hybridized carbons (Fsp3) is 0.417. The average molecular weight is 410 g/mol. The third-order valence-corrected chi connectivity index (χ3v) is 6.11. The Kier molecular flexibility index (Phi) is 6.39. The van der Waals surface area contributed by atoms with Crippen LogP contribution in [0.5, 0.6) is 0 Å². The van der Waals surface area contributed by atoms with Crippen LogP contribution in [0.1, 0.15) is 48.7 Å². The molecule has 0 aliphatic heterocycles. The van der Waals surface area contributed by atoms with Gasteiger partial charge in [-0.1, -0.05) is 56.4 Å². The van der Waals surface area contributed by atoms with Gasteiger partial charge in [-0.15, -0.1) is 0 Å². The Morgan fingerprint density at radius 1 is 1.03 bits per heavy atom. The van der Waals surface area contributed by atoms with Crippen LogP contribution in [0.4, 0.5) is 5.13 Å². The molecule has 0 aliphatic rings. The molecule has 0 saturated heterocycles. The van der Waals surface area contributed by atoms with Gasteiger partial charge < -0.3 is 4.90 Å². The van der Waals surface area contributed by atoms with E-state index in [2.05, 4.69) is 71.0 Å². The van der Waals surface area contributed by atoms with Crippen molar-refractivity contribution in [3.8, 4) is 0 Å². The highest BCUT2D eigenvalue weighted by atomic mass is 32.1. The van der Waals surface area contributed by atoms with Gasteiger partial charge in [0.05, 0.1) is 10.2 Å². The minimum Gasteiger partial charge on any atom is -0.309 e. The zero-order chi connectivity index (χ0) is 21.2. The SMILES string of the molecule is Cc1cccc2sc(N(CCCN(C)C)C(=O)c3ccc(C(C)(C)C)cc3)nc12. The summed E-state index contributed by atoms with van der Waals surface area (Å²) in [7, 11) is 4.11. The Balaban J connectivity index is 1.93. The predicted octanol–water partition coefficient (Wildman–Crippen LogP) is 5.50. The molecule has 0 aliphatic carbocycles. The smallest absolute Gasteiger partial charge is 0.260 e. The summed E-state index contributed by atoms with van der Waals surface area (Å²) in [4.78, 5) is 22.2. The van der Waals surface area contributed by atoms with E-state index in [0.29, 0.717) is 12.1 Å². The van der Waals surface area contributed by atoms with Crippen LogP contribution in [-0.4, -0.2) is 43.0 Å². The molecule has 154 valence electrons. The first-order valence-corrected chi connectivity index (χ1v) is 10.9. The van der Waals surface area contributed by atoms with Gasteiger partial charge in [0.25, 0.3) is 5.91 Å². The van der Waals surface area contributed by atoms with Crippen molar-refractivity contribution < 1.29 is 4.79 Å². The maximum absolute atomic E-state index is 13.4. The van der Waals surface area contributed by atoms with Crippen LogP contribution in [0.3, 0.4) is 0 Å². The third-order valence-electron chi connectivity index (χ3n) is 5.07. The summed E-state index contributed by atoms with van der Waals surface area (Å²) < 4.78 is 1.12. The molecule has 3 rings (SSSR count). The van der Waals surface area contributed by atoms with E-state index < -0.39 is 0 Å². The summed E-state index contributed by atoms with van der Waals surface area (Å²) in [5.41, 5.74) is 4.13. The number of aromatic nitrogens is 1. The molecule has 0 unspecified atom stereocenters. The Bertz CT molecular complexity index is 984. The van der Waals surface area contributed by atoms with Gasteiger partial charge in [-0.2, -0.15) is 0 Å². The number of rotatable bonds is 6. The largest absolute Gasteiger partial charge is 0.309 e. The number of thiazole rings is 1. The minimum absolute atomic E-state index is 0.0147. The molecule has 0 N–H and O–H groups in total. The molecule has 1 amide bonds. The van der Waals surface area contributed by atoms with E-state index in [-0.39, 0.29) is 11.3 Å². The van der Waals surface area contributed by atoms with Crippen LogP contribution >= 0.6 is 11.3 Å². The van der Waals surface area contributed by atoms with Gasteiger partial charge in [-0.3, -0.25) is 9.69 Å². The van der Waals surface area contributed by atoms with Gasteiger partial charge in [-0.05, 0) is 68.7 Å². The van der Waals surface area contributed by atoms with Crippen molar-refractivity contribution in [1.82, 2.24) is 9.88 Å². The lowest BCUT2D eigenvalue weighted by molar-refractivity contribution is 0.0986. The Labute approximate surface area is 178 Å². The summed E-state index contributed by atoms with van der Waals surface area (Å²) >= 11 is 1.59. The van der Waals surface area contributed by atoms with E-state index >= 15 is 0 Å². The summed E-state index contributed by atoms with van der Waals surface area (Å²) in [5, 5.41) is 0.776. The summed E-state index contributed by atoms with van der Waals surface area (Å²) in [6.45, 7) is 10.2. The quantitative estimate of drug-likeness (QED) is 0.539. The van der Waals surface area contributed by atoms with Crippen molar-refractivity contribution in [2.75, 3.05) is 32.1 Å². The first-order valence-electron chi connectivity index (χ1n) is 10.1. The molecular weight excluding hydrogens is 378 g/mol. The molecule has 2 aromatic carbocycles. The van der Waals surface area contributed by atoms with Crippen molar-refractivity contribution in [3.63, 3.8) is 0 Å². The highest BCUT2D eigenvalue weighted by Gasteiger charge is 2.22. The highest BCUT2D eigenvalue weighted by Crippen LogP contribution is 2.32. The van der Waals surface area contributed by atoms with Crippen molar-refractivity contribution >= 4 is 32.6 Å². The Morgan fingerprint density at radius 3 is 2.31 bits per heavy atom. The van der Waals surface area contributed by atoms with Crippen LogP contribution in [0, 0.1) is 6.92 Å². The van der Waals surface area contributed by atoms with E-state index in [0.717, 1.165) is 33.9 Å². The fourth-order valence-corrected chi connectivity index (χ4v) is 4.36. The lowest BCUT2D eigenvalue weighted by Crippen LogP contribution is -2.33. The zero-order valence-corrected chi connectivity index (χ0v) is 19.1. The molecule has 4 nitrogen and oxygen atoms in total. The molecule has 0 radical (unpaired) electrons. The topological polar surface area (TPSA) is 36.4 Å². The van der Waals surface area contributed by atoms with Crippen molar-refractivity contribution in [2.24, 2.45) is 0 Å². The second-order valence-corrected chi connectivity index (χ2v) is 9.87. The van der Waals surface area contributed by atoms with Gasteiger partial charge in [0.2, 0.25) is 0 Å². The normalized spacial score (nSPS) is 12.0. The number of aryl methyl sites for hydroxylation is 1. The van der Waals surface area contributed by atoms with Crippen molar-refractivity contribution in [1.29, 1.82) is 0 Å². The number of hydrogen-bond donors (Lipinski definition) is 0. The number of carbonyl (C=O) groups excluding carboxylic acids is 1. The van der Waals surface area contributed by atoms with Crippen LogP contribution < -0.4 is 4.90 Å². The Morgan fingerprint density at radius 2 is 1.72 bits per heavy atom. The summed E-state index contributed by atoms with van der Waals surface area (Å²) in [6, 6.07) is 14.2. The molecule has 3 aromatic rings. The lowest BCUT2D eigenvalue weighted by Gasteiger charge is -2.22. The second kappa shape index (κ2) is 8.64. The van der Waals surface area contributed by atoms with Crippen molar-refractivity contribution in [2.45, 2.75) is 39.5 Å². The highest BCUT2D eigenvalue weighted by molar-refractivity contribution is 7.22. The molecule has 0 spiro atoms. The molecule has 0 saturated carbocycles. The van der Waals surface area contributed by atoms with Gasteiger partial charge >= 0.3 is 0 Å². The molecule has 1 aromatic heterocycles. The molecule has 0 fully saturated rings. The number of hydrogen-bond acceptors (Lipinski definition) is 4. The van der Waals surface area contributed by atoms with Gasteiger partial charge in [-0.25, -0.2) is 4.98 Å². The maximum Gasteiger partial charge on any atom is 0.260 e. The third kappa shape index (κ3) is 5.03. The number of para-hydroxylation sites is 1. The van der Waals surface area contributed by atoms with Crippen LogP contribution in [-0.2, 0) is 5.41 Å². The fourth-order valence-electron chi connectivity index (χ4n) is 3.29. The predicted molar refractivity (Wildman–Crippen MR) is 124 cm³/mol. The monoisotopic (exact) mass is 409 g/mol. The minimum atomic E-state index is 0.0147. The standard InChI is InChI=1S/C24H31N3OS/c1-17-9-7-10-20-21(17)25-23(29-20)27(16-8-15-26(5)6)22(28)18-11-13-19(14-12-18)24(2,3)4/h7,9-14H,8,15-16H2,1-6H3. The molecule has 29 heavy (non-hydrogen) atoms. The number of carbonyl (C=O) groups is 1. The van der Waals surface area contributed by atoms with E-state index in [9.17, 15) is 4.79 Å². The molecule has 5 heteroatoms. The van der Waals surface area contributed by atoms with Crippen LogP contribution in [0.25, 0.3) is 10.2 Å². The first-order chi connectivity index (χ1) is 13.7. The van der Waals surface area contributed by atoms with Crippen LogP contribution in [0.2, 0.25) is 0 Å². The van der Waals surface area contributed by atoms with E-state index in [1.54, 1.807) is 11.3 Å². The zero-order valence-electron chi connectivity index (χ0n) is 18.3. The number of nitrogens with zero attached hydrogens (tertiary/aromatic N) is 3. The van der Waals surface area contributed by atoms with E-state index in [4.69, 9.17) is 4.98 Å².